The monoisotopic (exact) mass is 334 g/mol. The van der Waals surface area contributed by atoms with E-state index in [9.17, 15) is 0 Å². The molecule has 2 atom stereocenters. The highest BCUT2D eigenvalue weighted by atomic mass is 79.9. The van der Waals surface area contributed by atoms with E-state index in [1.54, 1.807) is 0 Å². The molecule has 1 rings (SSSR count). The maximum absolute atomic E-state index is 5.60. The molecule has 0 aromatic heterocycles. The molecule has 0 radical (unpaired) electrons. The second kappa shape index (κ2) is 5.99. The Morgan fingerprint density at radius 3 is 2.20 bits per heavy atom. The summed E-state index contributed by atoms with van der Waals surface area (Å²) in [5.41, 5.74) is 4.08. The van der Waals surface area contributed by atoms with Crippen molar-refractivity contribution in [2.75, 3.05) is 0 Å². The zero-order valence-corrected chi connectivity index (χ0v) is 12.1. The van der Waals surface area contributed by atoms with Crippen LogP contribution in [0.3, 0.4) is 0 Å². The number of hydrogen-bond donors (Lipinski definition) is 2. The molecule has 0 spiro atoms. The number of hydrogen-bond acceptors (Lipinski definition) is 2. The first-order valence-electron chi connectivity index (χ1n) is 5.00. The summed E-state index contributed by atoms with van der Waals surface area (Å²) >= 11 is 6.97. The molecule has 0 saturated carbocycles. The van der Waals surface area contributed by atoms with Crippen molar-refractivity contribution < 1.29 is 0 Å². The van der Waals surface area contributed by atoms with Gasteiger partial charge in [0.1, 0.15) is 0 Å². The minimum absolute atomic E-state index is 0.198. The first kappa shape index (κ1) is 13.2. The predicted octanol–water partition coefficient (Wildman–Crippen LogP) is 3.76. The average Bonchev–Trinajstić information content (AvgIpc) is 2.17. The molecule has 0 aliphatic rings. The van der Waals surface area contributed by atoms with Crippen molar-refractivity contribution in [3.8, 4) is 0 Å². The minimum atomic E-state index is 0.198. The van der Waals surface area contributed by atoms with Crippen LogP contribution in [-0.4, -0.2) is 0 Å². The lowest BCUT2D eigenvalue weighted by molar-refractivity contribution is 0.383. The van der Waals surface area contributed by atoms with Crippen molar-refractivity contribution in [2.45, 2.75) is 26.3 Å². The largest absolute Gasteiger partial charge is 0.271 e. The summed E-state index contributed by atoms with van der Waals surface area (Å²) in [6, 6.07) is 6.42. The van der Waals surface area contributed by atoms with Crippen LogP contribution >= 0.6 is 31.9 Å². The van der Waals surface area contributed by atoms with E-state index in [0.717, 1.165) is 15.4 Å². The molecule has 4 heteroatoms. The van der Waals surface area contributed by atoms with Gasteiger partial charge in [0.05, 0.1) is 0 Å². The second-order valence-electron chi connectivity index (χ2n) is 3.73. The van der Waals surface area contributed by atoms with Crippen molar-refractivity contribution in [3.63, 3.8) is 0 Å². The number of benzene rings is 1. The molecule has 84 valence electrons. The van der Waals surface area contributed by atoms with Crippen molar-refractivity contribution in [1.82, 2.24) is 5.43 Å². The fourth-order valence-electron chi connectivity index (χ4n) is 1.58. The third-order valence-electron chi connectivity index (χ3n) is 2.64. The minimum Gasteiger partial charge on any atom is -0.271 e. The van der Waals surface area contributed by atoms with Crippen molar-refractivity contribution in [3.05, 3.63) is 32.7 Å². The fraction of sp³-hybridized carbons (Fsp3) is 0.455. The molecule has 2 nitrogen and oxygen atoms in total. The number of halogens is 2. The van der Waals surface area contributed by atoms with E-state index >= 15 is 0 Å². The van der Waals surface area contributed by atoms with Gasteiger partial charge in [-0.05, 0) is 29.7 Å². The van der Waals surface area contributed by atoms with E-state index in [-0.39, 0.29) is 6.04 Å². The molecule has 0 aliphatic heterocycles. The van der Waals surface area contributed by atoms with Crippen LogP contribution in [0.4, 0.5) is 0 Å². The quantitative estimate of drug-likeness (QED) is 0.649. The molecule has 3 N–H and O–H groups in total. The Hall–Kier alpha value is 0.1000. The maximum atomic E-state index is 5.60. The lowest BCUT2D eigenvalue weighted by Crippen LogP contribution is -2.32. The molecular formula is C11H16Br2N2. The smallest absolute Gasteiger partial charge is 0.0486 e. The summed E-state index contributed by atoms with van der Waals surface area (Å²) < 4.78 is 2.13. The second-order valence-corrected chi connectivity index (χ2v) is 5.56. The normalized spacial score (nSPS) is 15.0. The molecule has 0 amide bonds. The van der Waals surface area contributed by atoms with Gasteiger partial charge in [-0.1, -0.05) is 52.1 Å². The lowest BCUT2D eigenvalue weighted by atomic mass is 9.93. The highest BCUT2D eigenvalue weighted by molar-refractivity contribution is 9.11. The van der Waals surface area contributed by atoms with Gasteiger partial charge in [-0.15, -0.1) is 0 Å². The van der Waals surface area contributed by atoms with Gasteiger partial charge >= 0.3 is 0 Å². The molecule has 1 aromatic carbocycles. The molecule has 1 aromatic rings. The third-order valence-corrected chi connectivity index (χ3v) is 3.55. The summed E-state index contributed by atoms with van der Waals surface area (Å²) in [6.07, 6.45) is 1.10. The van der Waals surface area contributed by atoms with Crippen LogP contribution < -0.4 is 11.3 Å². The highest BCUT2D eigenvalue weighted by Crippen LogP contribution is 2.28. The molecule has 0 aliphatic carbocycles. The molecule has 0 saturated heterocycles. The standard InChI is InChI=1S/C11H16Br2N2/c1-3-7(2)11(15-14)8-4-9(12)6-10(13)5-8/h4-7,11,15H,3,14H2,1-2H3. The molecule has 2 unspecified atom stereocenters. The first-order chi connectivity index (χ1) is 7.08. The zero-order valence-electron chi connectivity index (χ0n) is 8.93. The third kappa shape index (κ3) is 3.55. The topological polar surface area (TPSA) is 38.0 Å². The molecule has 15 heavy (non-hydrogen) atoms. The van der Waals surface area contributed by atoms with Crippen LogP contribution in [0.2, 0.25) is 0 Å². The summed E-state index contributed by atoms with van der Waals surface area (Å²) in [5, 5.41) is 0. The average molecular weight is 336 g/mol. The van der Waals surface area contributed by atoms with Gasteiger partial charge in [0, 0.05) is 15.0 Å². The fourth-order valence-corrected chi connectivity index (χ4v) is 2.91. The summed E-state index contributed by atoms with van der Waals surface area (Å²) in [7, 11) is 0. The van der Waals surface area contributed by atoms with Crippen LogP contribution in [0, 0.1) is 5.92 Å². The lowest BCUT2D eigenvalue weighted by Gasteiger charge is -2.23. The van der Waals surface area contributed by atoms with E-state index in [0.29, 0.717) is 5.92 Å². The molecule has 0 fully saturated rings. The zero-order chi connectivity index (χ0) is 11.4. The Morgan fingerprint density at radius 2 is 1.80 bits per heavy atom. The van der Waals surface area contributed by atoms with Crippen molar-refractivity contribution >= 4 is 31.9 Å². The van der Waals surface area contributed by atoms with Crippen LogP contribution in [0.5, 0.6) is 0 Å². The van der Waals surface area contributed by atoms with Crippen molar-refractivity contribution in [1.29, 1.82) is 0 Å². The van der Waals surface area contributed by atoms with Gasteiger partial charge in [-0.3, -0.25) is 11.3 Å². The van der Waals surface area contributed by atoms with Gasteiger partial charge in [0.2, 0.25) is 0 Å². The SMILES string of the molecule is CCC(C)C(NN)c1cc(Br)cc(Br)c1. The summed E-state index contributed by atoms with van der Waals surface area (Å²) in [4.78, 5) is 0. The van der Waals surface area contributed by atoms with E-state index in [4.69, 9.17) is 5.84 Å². The Morgan fingerprint density at radius 1 is 1.27 bits per heavy atom. The van der Waals surface area contributed by atoms with Crippen LogP contribution in [0.15, 0.2) is 27.1 Å². The number of nitrogens with two attached hydrogens (primary N) is 1. The van der Waals surface area contributed by atoms with Crippen LogP contribution in [0.25, 0.3) is 0 Å². The molecule has 0 bridgehead atoms. The summed E-state index contributed by atoms with van der Waals surface area (Å²) in [5.74, 6) is 6.11. The van der Waals surface area contributed by atoms with E-state index in [1.807, 2.05) is 6.07 Å². The number of hydrazine groups is 1. The van der Waals surface area contributed by atoms with Gasteiger partial charge in [0.15, 0.2) is 0 Å². The summed E-state index contributed by atoms with van der Waals surface area (Å²) in [6.45, 7) is 4.36. The Bertz CT molecular complexity index is 308. The molecular weight excluding hydrogens is 320 g/mol. The predicted molar refractivity (Wildman–Crippen MR) is 71.4 cm³/mol. The molecule has 0 heterocycles. The van der Waals surface area contributed by atoms with E-state index in [1.165, 1.54) is 5.56 Å². The number of rotatable bonds is 4. The van der Waals surface area contributed by atoms with E-state index in [2.05, 4.69) is 63.3 Å². The van der Waals surface area contributed by atoms with Gasteiger partial charge in [0.25, 0.3) is 0 Å². The van der Waals surface area contributed by atoms with Gasteiger partial charge in [-0.2, -0.15) is 0 Å². The maximum Gasteiger partial charge on any atom is 0.0486 e. The highest BCUT2D eigenvalue weighted by Gasteiger charge is 2.16. The first-order valence-corrected chi connectivity index (χ1v) is 6.59. The van der Waals surface area contributed by atoms with Gasteiger partial charge in [-0.25, -0.2) is 0 Å². The van der Waals surface area contributed by atoms with Crippen LogP contribution in [-0.2, 0) is 0 Å². The van der Waals surface area contributed by atoms with Gasteiger partial charge < -0.3 is 0 Å². The Balaban J connectivity index is 3.01. The number of nitrogens with one attached hydrogen (secondary N) is 1. The Labute approximate surface area is 108 Å². The van der Waals surface area contributed by atoms with E-state index < -0.39 is 0 Å². The van der Waals surface area contributed by atoms with Crippen molar-refractivity contribution in [2.24, 2.45) is 11.8 Å². The Kier molecular flexibility index (Phi) is 5.26. The van der Waals surface area contributed by atoms with Crippen LogP contribution in [0.1, 0.15) is 31.9 Å².